The number of hydrogen-bond acceptors (Lipinski definition) is 5. The maximum absolute atomic E-state index is 12.8. The Balaban J connectivity index is 1.41. The van der Waals surface area contributed by atoms with E-state index in [0.29, 0.717) is 41.7 Å². The van der Waals surface area contributed by atoms with Crippen molar-refractivity contribution in [1.82, 2.24) is 5.32 Å². The van der Waals surface area contributed by atoms with Crippen LogP contribution in [-0.4, -0.2) is 31.6 Å². The lowest BCUT2D eigenvalue weighted by Crippen LogP contribution is -2.35. The highest BCUT2D eigenvalue weighted by atomic mass is 16.5. The van der Waals surface area contributed by atoms with Crippen LogP contribution in [0, 0.1) is 5.92 Å². The summed E-state index contributed by atoms with van der Waals surface area (Å²) in [6.45, 7) is 5.08. The molecule has 7 heteroatoms. The zero-order valence-electron chi connectivity index (χ0n) is 20.0. The highest BCUT2D eigenvalue weighted by Crippen LogP contribution is 2.34. The van der Waals surface area contributed by atoms with Crippen LogP contribution in [0.15, 0.2) is 72.8 Å². The molecule has 35 heavy (non-hydrogen) atoms. The largest absolute Gasteiger partial charge is 0.490 e. The van der Waals surface area contributed by atoms with Gasteiger partial charge in [-0.3, -0.25) is 9.59 Å². The van der Waals surface area contributed by atoms with Gasteiger partial charge in [0.1, 0.15) is 5.75 Å². The lowest BCUT2D eigenvalue weighted by Gasteiger charge is -2.24. The highest BCUT2D eigenvalue weighted by molar-refractivity contribution is 6.06. The molecule has 1 heterocycles. The molecule has 182 valence electrons. The van der Waals surface area contributed by atoms with E-state index < -0.39 is 0 Å². The molecular formula is C28H30N2O5. The summed E-state index contributed by atoms with van der Waals surface area (Å²) in [5, 5.41) is 5.90. The van der Waals surface area contributed by atoms with Crippen LogP contribution in [0.2, 0.25) is 0 Å². The van der Waals surface area contributed by atoms with Crippen molar-refractivity contribution in [3.8, 4) is 17.2 Å². The molecule has 0 saturated carbocycles. The molecule has 0 aromatic heterocycles. The molecule has 7 nitrogen and oxygen atoms in total. The van der Waals surface area contributed by atoms with E-state index >= 15 is 0 Å². The molecule has 0 fully saturated rings. The third-order valence-electron chi connectivity index (χ3n) is 5.64. The van der Waals surface area contributed by atoms with Gasteiger partial charge in [0.2, 0.25) is 0 Å². The van der Waals surface area contributed by atoms with Crippen molar-refractivity contribution in [2.45, 2.75) is 26.3 Å². The van der Waals surface area contributed by atoms with Crippen LogP contribution in [-0.2, 0) is 4.79 Å². The second-order valence-electron chi connectivity index (χ2n) is 8.65. The Hall–Kier alpha value is -4.00. The maximum Gasteiger partial charge on any atom is 0.259 e. The summed E-state index contributed by atoms with van der Waals surface area (Å²) in [5.41, 5.74) is 1.97. The van der Waals surface area contributed by atoms with Crippen molar-refractivity contribution in [3.05, 3.63) is 83.9 Å². The summed E-state index contributed by atoms with van der Waals surface area (Å²) >= 11 is 0. The van der Waals surface area contributed by atoms with Gasteiger partial charge in [-0.1, -0.05) is 50.2 Å². The number of para-hydroxylation sites is 2. The van der Waals surface area contributed by atoms with Gasteiger partial charge in [0.25, 0.3) is 11.8 Å². The molecule has 0 unspecified atom stereocenters. The number of anilines is 1. The number of nitrogens with one attached hydrogen (secondary N) is 2. The second-order valence-corrected chi connectivity index (χ2v) is 8.65. The van der Waals surface area contributed by atoms with E-state index in [9.17, 15) is 9.59 Å². The van der Waals surface area contributed by atoms with Gasteiger partial charge in [-0.2, -0.15) is 0 Å². The van der Waals surface area contributed by atoms with Crippen LogP contribution in [0.4, 0.5) is 5.69 Å². The number of ether oxygens (including phenoxy) is 3. The average Bonchev–Trinajstić information content (AvgIpc) is 3.11. The van der Waals surface area contributed by atoms with Gasteiger partial charge in [-0.05, 0) is 47.9 Å². The number of carbonyl (C=O) groups excluding carboxylic acids is 2. The molecule has 4 rings (SSSR count). The number of fused-ring (bicyclic) bond motifs is 1. The molecule has 0 aliphatic carbocycles. The van der Waals surface area contributed by atoms with Crippen molar-refractivity contribution < 1.29 is 23.8 Å². The highest BCUT2D eigenvalue weighted by Gasteiger charge is 2.22. The Morgan fingerprint density at radius 3 is 2.40 bits per heavy atom. The van der Waals surface area contributed by atoms with Gasteiger partial charge in [0, 0.05) is 12.1 Å². The topological polar surface area (TPSA) is 85.9 Å². The Kier molecular flexibility index (Phi) is 7.88. The Labute approximate surface area is 205 Å². The fourth-order valence-electron chi connectivity index (χ4n) is 3.87. The van der Waals surface area contributed by atoms with Crippen LogP contribution in [0.5, 0.6) is 17.2 Å². The monoisotopic (exact) mass is 474 g/mol. The molecule has 1 aliphatic heterocycles. The minimum atomic E-state index is -0.306. The molecule has 0 saturated heterocycles. The molecule has 0 bridgehead atoms. The van der Waals surface area contributed by atoms with E-state index in [1.807, 2.05) is 50.2 Å². The number of amides is 2. The molecule has 3 aromatic carbocycles. The molecule has 1 atom stereocenters. The first kappa shape index (κ1) is 24.1. The van der Waals surface area contributed by atoms with E-state index in [1.54, 1.807) is 36.4 Å². The molecule has 3 aromatic rings. The van der Waals surface area contributed by atoms with Crippen LogP contribution in [0.25, 0.3) is 0 Å². The quantitative estimate of drug-likeness (QED) is 0.480. The Morgan fingerprint density at radius 1 is 0.914 bits per heavy atom. The summed E-state index contributed by atoms with van der Waals surface area (Å²) in [6, 6.07) is 21.6. The van der Waals surface area contributed by atoms with Gasteiger partial charge in [-0.25, -0.2) is 0 Å². The number of carbonyl (C=O) groups is 2. The van der Waals surface area contributed by atoms with Gasteiger partial charge in [-0.15, -0.1) is 0 Å². The average molecular weight is 475 g/mol. The number of rotatable bonds is 8. The molecule has 2 N–H and O–H groups in total. The molecule has 2 amide bonds. The van der Waals surface area contributed by atoms with E-state index in [-0.39, 0.29) is 30.4 Å². The fourth-order valence-corrected chi connectivity index (χ4v) is 3.87. The predicted octanol–water partition coefficient (Wildman–Crippen LogP) is 4.99. The van der Waals surface area contributed by atoms with Crippen molar-refractivity contribution >= 4 is 17.5 Å². The summed E-state index contributed by atoms with van der Waals surface area (Å²) in [5.74, 6) is 1.29. The lowest BCUT2D eigenvalue weighted by atomic mass is 9.95. The molecule has 0 radical (unpaired) electrons. The zero-order chi connectivity index (χ0) is 24.6. The van der Waals surface area contributed by atoms with Gasteiger partial charge < -0.3 is 24.8 Å². The summed E-state index contributed by atoms with van der Waals surface area (Å²) in [6.07, 6.45) is 0.830. The van der Waals surface area contributed by atoms with Gasteiger partial charge >= 0.3 is 0 Å². The Bertz CT molecular complexity index is 1160. The van der Waals surface area contributed by atoms with Crippen LogP contribution in [0.1, 0.15) is 42.2 Å². The summed E-state index contributed by atoms with van der Waals surface area (Å²) < 4.78 is 17.3. The van der Waals surface area contributed by atoms with Crippen LogP contribution in [0.3, 0.4) is 0 Å². The summed E-state index contributed by atoms with van der Waals surface area (Å²) in [7, 11) is 0. The molecule has 0 spiro atoms. The smallest absolute Gasteiger partial charge is 0.259 e. The van der Waals surface area contributed by atoms with Gasteiger partial charge in [0.15, 0.2) is 18.1 Å². The van der Waals surface area contributed by atoms with E-state index in [4.69, 9.17) is 14.2 Å². The second kappa shape index (κ2) is 11.4. The summed E-state index contributed by atoms with van der Waals surface area (Å²) in [4.78, 5) is 25.6. The van der Waals surface area contributed by atoms with Crippen LogP contribution < -0.4 is 24.8 Å². The van der Waals surface area contributed by atoms with E-state index in [2.05, 4.69) is 10.6 Å². The first-order chi connectivity index (χ1) is 17.0. The van der Waals surface area contributed by atoms with Gasteiger partial charge in [0.05, 0.1) is 24.8 Å². The normalized spacial score (nSPS) is 13.5. The van der Waals surface area contributed by atoms with Crippen molar-refractivity contribution in [3.63, 3.8) is 0 Å². The first-order valence-corrected chi connectivity index (χ1v) is 11.8. The Morgan fingerprint density at radius 2 is 1.63 bits per heavy atom. The van der Waals surface area contributed by atoms with E-state index in [0.717, 1.165) is 12.0 Å². The van der Waals surface area contributed by atoms with Crippen molar-refractivity contribution in [2.75, 3.05) is 25.1 Å². The number of benzene rings is 3. The number of hydrogen-bond donors (Lipinski definition) is 2. The standard InChI is InChI=1S/C28H30N2O5/c1-19(2)27(20-13-14-24-25(17-20)34-16-8-15-33-24)30-26(31)18-35-23-12-7-6-11-22(23)28(32)29-21-9-4-3-5-10-21/h3-7,9-14,17,19,27H,8,15-16,18H2,1-2H3,(H,29,32)(H,30,31)/t27-/m1/s1. The zero-order valence-corrected chi connectivity index (χ0v) is 20.0. The predicted molar refractivity (Wildman–Crippen MR) is 134 cm³/mol. The molecule has 1 aliphatic rings. The fraction of sp³-hybridized carbons (Fsp3) is 0.286. The third kappa shape index (κ3) is 6.32. The third-order valence-corrected chi connectivity index (χ3v) is 5.64. The minimum Gasteiger partial charge on any atom is -0.490 e. The first-order valence-electron chi connectivity index (χ1n) is 11.8. The van der Waals surface area contributed by atoms with E-state index in [1.165, 1.54) is 0 Å². The lowest BCUT2D eigenvalue weighted by molar-refractivity contribution is -0.124. The molecular weight excluding hydrogens is 444 g/mol. The van der Waals surface area contributed by atoms with Crippen molar-refractivity contribution in [1.29, 1.82) is 0 Å². The SMILES string of the molecule is CC(C)[C@@H](NC(=O)COc1ccccc1C(=O)Nc1ccccc1)c1ccc2c(c1)OCCCO2. The maximum atomic E-state index is 12.8. The van der Waals surface area contributed by atoms with Crippen LogP contribution >= 0.6 is 0 Å². The minimum absolute atomic E-state index is 0.132. The van der Waals surface area contributed by atoms with Crippen molar-refractivity contribution in [2.24, 2.45) is 5.92 Å².